The van der Waals surface area contributed by atoms with Crippen LogP contribution in [0.3, 0.4) is 0 Å². The summed E-state index contributed by atoms with van der Waals surface area (Å²) in [5.74, 6) is 1.18. The number of nitrogens with zero attached hydrogens (tertiary/aromatic N) is 1. The Morgan fingerprint density at radius 1 is 1.19 bits per heavy atom. The Morgan fingerprint density at radius 3 is 2.58 bits per heavy atom. The van der Waals surface area contributed by atoms with E-state index < -0.39 is 0 Å². The number of rotatable bonds is 10. The highest BCUT2D eigenvalue weighted by Crippen LogP contribution is 2.10. The number of ether oxygens (including phenoxy) is 1. The van der Waals surface area contributed by atoms with E-state index in [9.17, 15) is 4.79 Å². The van der Waals surface area contributed by atoms with Crippen molar-refractivity contribution in [3.63, 3.8) is 0 Å². The summed E-state index contributed by atoms with van der Waals surface area (Å²) in [6, 6.07) is 7.61. The van der Waals surface area contributed by atoms with Crippen LogP contribution in [0.5, 0.6) is 0 Å². The van der Waals surface area contributed by atoms with Gasteiger partial charge >= 0.3 is 0 Å². The molecule has 1 amide bonds. The molecule has 3 N–H and O–H groups in total. The van der Waals surface area contributed by atoms with Crippen LogP contribution in [-0.4, -0.2) is 44.7 Å². The molecule has 0 spiro atoms. The summed E-state index contributed by atoms with van der Waals surface area (Å²) in [6.07, 6.45) is 1.18. The van der Waals surface area contributed by atoms with Gasteiger partial charge in [-0.3, -0.25) is 9.79 Å². The fraction of sp³-hybridized carbons (Fsp3) is 0.600. The Kier molecular flexibility index (Phi) is 10.4. The lowest BCUT2D eigenvalue weighted by atomic mass is 10.0. The fourth-order valence-electron chi connectivity index (χ4n) is 2.65. The molecule has 1 aromatic carbocycles. The number of carbonyl (C=O) groups excluding carboxylic acids is 1. The third-order valence-electron chi connectivity index (χ3n) is 4.06. The predicted octanol–water partition coefficient (Wildman–Crippen LogP) is 2.55. The predicted molar refractivity (Wildman–Crippen MR) is 108 cm³/mol. The van der Waals surface area contributed by atoms with Crippen LogP contribution in [-0.2, 0) is 11.3 Å². The molecular formula is C20H34N4O2. The molecular weight excluding hydrogens is 328 g/mol. The minimum Gasteiger partial charge on any atom is -0.378 e. The standard InChI is InChI=1S/C20H34N4O2/c1-6-22-19(25)17-10-8-9-16(13-17)14-24-20(21-5)23-12-11-18(15(3)4)26-7-2/h8-10,13,15,18H,6-7,11-12,14H2,1-5H3,(H,22,25)(H2,21,23,24). The van der Waals surface area contributed by atoms with Gasteiger partial charge in [0, 0.05) is 38.9 Å². The van der Waals surface area contributed by atoms with Crippen molar-refractivity contribution in [3.05, 3.63) is 35.4 Å². The van der Waals surface area contributed by atoms with Crippen LogP contribution in [0.25, 0.3) is 0 Å². The minimum absolute atomic E-state index is 0.0486. The second kappa shape index (κ2) is 12.3. The Labute approximate surface area is 157 Å². The van der Waals surface area contributed by atoms with Gasteiger partial charge in [-0.25, -0.2) is 0 Å². The van der Waals surface area contributed by atoms with Crippen LogP contribution >= 0.6 is 0 Å². The zero-order valence-electron chi connectivity index (χ0n) is 16.8. The first kappa shape index (κ1) is 22.0. The van der Waals surface area contributed by atoms with Crippen LogP contribution < -0.4 is 16.0 Å². The first-order valence-corrected chi connectivity index (χ1v) is 9.45. The van der Waals surface area contributed by atoms with Crippen molar-refractivity contribution < 1.29 is 9.53 Å². The van der Waals surface area contributed by atoms with Gasteiger partial charge in [0.05, 0.1) is 6.10 Å². The molecule has 146 valence electrons. The van der Waals surface area contributed by atoms with Crippen LogP contribution in [0.2, 0.25) is 0 Å². The van der Waals surface area contributed by atoms with E-state index in [4.69, 9.17) is 4.74 Å². The molecule has 0 aliphatic heterocycles. The SMILES string of the molecule is CCNC(=O)c1cccc(CNC(=NC)NCCC(OCC)C(C)C)c1. The minimum atomic E-state index is -0.0486. The van der Waals surface area contributed by atoms with Gasteiger partial charge in [-0.1, -0.05) is 26.0 Å². The quantitative estimate of drug-likeness (QED) is 0.442. The van der Waals surface area contributed by atoms with Crippen molar-refractivity contribution in [1.29, 1.82) is 0 Å². The van der Waals surface area contributed by atoms with Gasteiger partial charge in [0.2, 0.25) is 0 Å². The molecule has 0 heterocycles. The molecule has 0 bridgehead atoms. The molecule has 1 unspecified atom stereocenters. The van der Waals surface area contributed by atoms with E-state index in [1.165, 1.54) is 0 Å². The summed E-state index contributed by atoms with van der Waals surface area (Å²) < 4.78 is 5.77. The first-order chi connectivity index (χ1) is 12.5. The van der Waals surface area contributed by atoms with E-state index in [1.54, 1.807) is 7.05 Å². The smallest absolute Gasteiger partial charge is 0.251 e. The zero-order valence-corrected chi connectivity index (χ0v) is 16.8. The normalized spacial score (nSPS) is 12.8. The Morgan fingerprint density at radius 2 is 1.96 bits per heavy atom. The molecule has 0 radical (unpaired) electrons. The first-order valence-electron chi connectivity index (χ1n) is 9.45. The maximum absolute atomic E-state index is 11.9. The number of guanidine groups is 1. The van der Waals surface area contributed by atoms with Crippen molar-refractivity contribution in [2.24, 2.45) is 10.9 Å². The van der Waals surface area contributed by atoms with Crippen molar-refractivity contribution in [1.82, 2.24) is 16.0 Å². The highest BCUT2D eigenvalue weighted by atomic mass is 16.5. The van der Waals surface area contributed by atoms with Gasteiger partial charge in [-0.05, 0) is 43.9 Å². The lowest BCUT2D eigenvalue weighted by Gasteiger charge is -2.21. The third-order valence-corrected chi connectivity index (χ3v) is 4.06. The summed E-state index contributed by atoms with van der Waals surface area (Å²) in [5, 5.41) is 9.42. The highest BCUT2D eigenvalue weighted by molar-refractivity contribution is 5.94. The van der Waals surface area contributed by atoms with Crippen LogP contribution in [0.15, 0.2) is 29.3 Å². The number of hydrogen-bond donors (Lipinski definition) is 3. The van der Waals surface area contributed by atoms with Gasteiger partial charge in [-0.2, -0.15) is 0 Å². The Balaban J connectivity index is 2.49. The topological polar surface area (TPSA) is 74.8 Å². The second-order valence-electron chi connectivity index (χ2n) is 6.44. The number of carbonyl (C=O) groups is 1. The molecule has 0 saturated carbocycles. The monoisotopic (exact) mass is 362 g/mol. The van der Waals surface area contributed by atoms with E-state index in [0.29, 0.717) is 24.6 Å². The number of aliphatic imine (C=N–C) groups is 1. The molecule has 1 rings (SSSR count). The molecule has 0 aliphatic rings. The molecule has 6 heteroatoms. The van der Waals surface area contributed by atoms with Gasteiger partial charge in [-0.15, -0.1) is 0 Å². The Hall–Kier alpha value is -2.08. The van der Waals surface area contributed by atoms with Gasteiger partial charge in [0.25, 0.3) is 5.91 Å². The van der Waals surface area contributed by atoms with E-state index >= 15 is 0 Å². The summed E-state index contributed by atoms with van der Waals surface area (Å²) in [6.45, 7) is 11.0. The maximum Gasteiger partial charge on any atom is 0.251 e. The number of hydrogen-bond acceptors (Lipinski definition) is 3. The largest absolute Gasteiger partial charge is 0.378 e. The van der Waals surface area contributed by atoms with Crippen molar-refractivity contribution in [3.8, 4) is 0 Å². The van der Waals surface area contributed by atoms with Gasteiger partial charge in [0.15, 0.2) is 5.96 Å². The number of amides is 1. The molecule has 0 saturated heterocycles. The second-order valence-corrected chi connectivity index (χ2v) is 6.44. The zero-order chi connectivity index (χ0) is 19.4. The molecule has 26 heavy (non-hydrogen) atoms. The van der Waals surface area contributed by atoms with E-state index in [1.807, 2.05) is 38.1 Å². The summed E-state index contributed by atoms with van der Waals surface area (Å²) in [5.41, 5.74) is 1.71. The number of benzene rings is 1. The average Bonchev–Trinajstić information content (AvgIpc) is 2.63. The average molecular weight is 363 g/mol. The van der Waals surface area contributed by atoms with Crippen molar-refractivity contribution >= 4 is 11.9 Å². The third kappa shape index (κ3) is 7.87. The van der Waals surface area contributed by atoms with Crippen molar-refractivity contribution in [2.45, 2.75) is 46.8 Å². The molecule has 0 aromatic heterocycles. The van der Waals surface area contributed by atoms with Crippen LogP contribution in [0.4, 0.5) is 0 Å². The fourth-order valence-corrected chi connectivity index (χ4v) is 2.65. The molecule has 0 fully saturated rings. The van der Waals surface area contributed by atoms with Crippen LogP contribution in [0.1, 0.15) is 50.0 Å². The lowest BCUT2D eigenvalue weighted by molar-refractivity contribution is 0.0258. The summed E-state index contributed by atoms with van der Waals surface area (Å²) in [7, 11) is 1.75. The molecule has 0 aliphatic carbocycles. The van der Waals surface area contributed by atoms with Gasteiger partial charge < -0.3 is 20.7 Å². The maximum atomic E-state index is 11.9. The molecule has 6 nitrogen and oxygen atoms in total. The summed E-state index contributed by atoms with van der Waals surface area (Å²) >= 11 is 0. The van der Waals surface area contributed by atoms with Gasteiger partial charge in [0.1, 0.15) is 0 Å². The number of nitrogens with one attached hydrogen (secondary N) is 3. The Bertz CT molecular complexity index is 573. The van der Waals surface area contributed by atoms with E-state index in [2.05, 4.69) is 34.8 Å². The summed E-state index contributed by atoms with van der Waals surface area (Å²) in [4.78, 5) is 16.2. The molecule has 1 aromatic rings. The van der Waals surface area contributed by atoms with Crippen molar-refractivity contribution in [2.75, 3.05) is 26.7 Å². The lowest BCUT2D eigenvalue weighted by Crippen LogP contribution is -2.39. The van der Waals surface area contributed by atoms with Crippen LogP contribution in [0, 0.1) is 5.92 Å². The molecule has 1 atom stereocenters. The van der Waals surface area contributed by atoms with E-state index in [-0.39, 0.29) is 12.0 Å². The van der Waals surface area contributed by atoms with E-state index in [0.717, 1.165) is 31.1 Å². The highest BCUT2D eigenvalue weighted by Gasteiger charge is 2.13.